The van der Waals surface area contributed by atoms with Crippen LogP contribution in [0.15, 0.2) is 36.4 Å². The average molecular weight is 523 g/mol. The Hall–Kier alpha value is -4.16. The van der Waals surface area contributed by atoms with Crippen molar-refractivity contribution in [3.8, 4) is 11.5 Å². The van der Waals surface area contributed by atoms with Crippen molar-refractivity contribution in [2.45, 2.75) is 39.3 Å². The standard InChI is InChI=1S/C17H25N3O5.C7H6FNO3/c1-12-11-18(16(21)25-17(2,3)4)8-9-19(12)14-7-6-13(20(22)23)10-15(14)24-5;1-12-7-4-5(9(10)11)2-3-6(7)8/h6-7,10,12H,8-9,11H2,1-5H3;2-4H,1H3. The van der Waals surface area contributed by atoms with Crippen LogP contribution in [0.2, 0.25) is 0 Å². The van der Waals surface area contributed by atoms with Gasteiger partial charge in [0, 0.05) is 37.8 Å². The summed E-state index contributed by atoms with van der Waals surface area (Å²) in [6.07, 6.45) is -0.324. The molecule has 2 aromatic carbocycles. The summed E-state index contributed by atoms with van der Waals surface area (Å²) in [5, 5.41) is 21.1. The van der Waals surface area contributed by atoms with Gasteiger partial charge in [-0.3, -0.25) is 20.2 Å². The van der Waals surface area contributed by atoms with Crippen LogP contribution in [0.4, 0.5) is 26.2 Å². The molecule has 2 aromatic rings. The van der Waals surface area contributed by atoms with Gasteiger partial charge >= 0.3 is 6.09 Å². The van der Waals surface area contributed by atoms with Crippen molar-refractivity contribution in [3.63, 3.8) is 0 Å². The summed E-state index contributed by atoms with van der Waals surface area (Å²) in [6, 6.07) is 7.71. The Morgan fingerprint density at radius 2 is 1.51 bits per heavy atom. The van der Waals surface area contributed by atoms with E-state index in [4.69, 9.17) is 9.47 Å². The second-order valence-corrected chi connectivity index (χ2v) is 9.16. The first kappa shape index (κ1) is 29.1. The Kier molecular flexibility index (Phi) is 9.58. The lowest BCUT2D eigenvalue weighted by Gasteiger charge is -2.41. The topological polar surface area (TPSA) is 138 Å². The summed E-state index contributed by atoms with van der Waals surface area (Å²) in [4.78, 5) is 36.1. The number of rotatable bonds is 5. The smallest absolute Gasteiger partial charge is 0.410 e. The summed E-state index contributed by atoms with van der Waals surface area (Å²) in [5.41, 5.74) is 0.0531. The van der Waals surface area contributed by atoms with Crippen molar-refractivity contribution in [1.82, 2.24) is 4.90 Å². The van der Waals surface area contributed by atoms with Crippen LogP contribution >= 0.6 is 0 Å². The number of non-ortho nitro benzene ring substituents is 2. The first-order valence-electron chi connectivity index (χ1n) is 11.3. The number of methoxy groups -OCH3 is 2. The Balaban J connectivity index is 0.000000335. The second kappa shape index (κ2) is 12.2. The minimum absolute atomic E-state index is 0.0133. The molecule has 0 saturated carbocycles. The molecule has 202 valence electrons. The Morgan fingerprint density at radius 3 is 2.00 bits per heavy atom. The Bertz CT molecular complexity index is 1140. The second-order valence-electron chi connectivity index (χ2n) is 9.16. The highest BCUT2D eigenvalue weighted by Crippen LogP contribution is 2.34. The summed E-state index contributed by atoms with van der Waals surface area (Å²) in [5.74, 6) is -0.279. The van der Waals surface area contributed by atoms with Crippen molar-refractivity contribution >= 4 is 23.2 Å². The third-order valence-corrected chi connectivity index (χ3v) is 5.31. The van der Waals surface area contributed by atoms with Gasteiger partial charge in [0.25, 0.3) is 11.4 Å². The van der Waals surface area contributed by atoms with Crippen LogP contribution in [0.3, 0.4) is 0 Å². The largest absolute Gasteiger partial charge is 0.494 e. The molecule has 1 unspecified atom stereocenters. The summed E-state index contributed by atoms with van der Waals surface area (Å²) in [6.45, 7) is 9.13. The molecule has 12 nitrogen and oxygen atoms in total. The van der Waals surface area contributed by atoms with Gasteiger partial charge in [0.1, 0.15) is 11.4 Å². The lowest BCUT2D eigenvalue weighted by Crippen LogP contribution is -2.54. The molecular weight excluding hydrogens is 491 g/mol. The SMILES string of the molecule is COc1cc([N+](=O)[O-])ccc1F.COc1cc([N+](=O)[O-])ccc1N1CCN(C(=O)OC(C)(C)C)CC1C. The molecule has 0 spiro atoms. The molecule has 0 bridgehead atoms. The van der Waals surface area contributed by atoms with E-state index < -0.39 is 21.3 Å². The quantitative estimate of drug-likeness (QED) is 0.401. The van der Waals surface area contributed by atoms with E-state index in [1.807, 2.05) is 27.7 Å². The molecule has 1 amide bonds. The number of nitro benzene ring substituents is 2. The van der Waals surface area contributed by atoms with Crippen molar-refractivity contribution < 1.29 is 33.2 Å². The third-order valence-electron chi connectivity index (χ3n) is 5.31. The fraction of sp³-hybridized carbons (Fsp3) is 0.458. The molecule has 0 aromatic heterocycles. The number of carbonyl (C=O) groups excluding carboxylic acids is 1. The van der Waals surface area contributed by atoms with E-state index >= 15 is 0 Å². The fourth-order valence-corrected chi connectivity index (χ4v) is 3.59. The number of ether oxygens (including phenoxy) is 3. The number of piperazine rings is 1. The molecule has 1 fully saturated rings. The fourth-order valence-electron chi connectivity index (χ4n) is 3.59. The van der Waals surface area contributed by atoms with Crippen LogP contribution in [0.5, 0.6) is 11.5 Å². The van der Waals surface area contributed by atoms with E-state index in [9.17, 15) is 29.4 Å². The highest BCUT2D eigenvalue weighted by atomic mass is 19.1. The van der Waals surface area contributed by atoms with Gasteiger partial charge in [0.15, 0.2) is 11.6 Å². The summed E-state index contributed by atoms with van der Waals surface area (Å²) < 4.78 is 28.0. The van der Waals surface area contributed by atoms with Gasteiger partial charge in [0.05, 0.1) is 41.9 Å². The number of nitro groups is 2. The monoisotopic (exact) mass is 522 g/mol. The number of nitrogens with zero attached hydrogens (tertiary/aromatic N) is 4. The minimum Gasteiger partial charge on any atom is -0.494 e. The molecule has 3 rings (SSSR count). The molecule has 1 aliphatic heterocycles. The van der Waals surface area contributed by atoms with Crippen LogP contribution in [0.1, 0.15) is 27.7 Å². The first-order chi connectivity index (χ1) is 17.3. The van der Waals surface area contributed by atoms with E-state index in [1.54, 1.807) is 11.0 Å². The molecule has 0 radical (unpaired) electrons. The number of anilines is 1. The molecule has 1 saturated heterocycles. The number of benzene rings is 2. The highest BCUT2D eigenvalue weighted by molar-refractivity contribution is 5.69. The van der Waals surface area contributed by atoms with E-state index in [2.05, 4.69) is 9.64 Å². The average Bonchev–Trinajstić information content (AvgIpc) is 2.83. The molecule has 0 N–H and O–H groups in total. The minimum atomic E-state index is -0.609. The predicted octanol–water partition coefficient (Wildman–Crippen LogP) is 4.79. The van der Waals surface area contributed by atoms with Crippen LogP contribution in [0, 0.1) is 26.0 Å². The maximum atomic E-state index is 12.7. The zero-order valence-electron chi connectivity index (χ0n) is 21.6. The van der Waals surface area contributed by atoms with E-state index in [-0.39, 0.29) is 29.3 Å². The van der Waals surface area contributed by atoms with E-state index in [1.165, 1.54) is 26.4 Å². The zero-order chi connectivity index (χ0) is 27.9. The van der Waals surface area contributed by atoms with Crippen LogP contribution < -0.4 is 14.4 Å². The molecule has 0 aliphatic carbocycles. The molecule has 1 heterocycles. The van der Waals surface area contributed by atoms with Gasteiger partial charge in [-0.2, -0.15) is 0 Å². The molecule has 37 heavy (non-hydrogen) atoms. The van der Waals surface area contributed by atoms with Gasteiger partial charge < -0.3 is 24.0 Å². The van der Waals surface area contributed by atoms with E-state index in [0.29, 0.717) is 25.4 Å². The van der Waals surface area contributed by atoms with Gasteiger partial charge in [0.2, 0.25) is 0 Å². The number of halogens is 1. The Morgan fingerprint density at radius 1 is 0.973 bits per heavy atom. The van der Waals surface area contributed by atoms with Crippen LogP contribution in [0.25, 0.3) is 0 Å². The first-order valence-corrected chi connectivity index (χ1v) is 11.3. The van der Waals surface area contributed by atoms with Gasteiger partial charge in [-0.1, -0.05) is 0 Å². The molecule has 1 atom stereocenters. The van der Waals surface area contributed by atoms with Gasteiger partial charge in [-0.05, 0) is 39.8 Å². The normalized spacial score (nSPS) is 15.3. The van der Waals surface area contributed by atoms with Gasteiger partial charge in [-0.15, -0.1) is 0 Å². The molecule has 13 heteroatoms. The number of hydrogen-bond donors (Lipinski definition) is 0. The van der Waals surface area contributed by atoms with Crippen molar-refractivity contribution in [2.24, 2.45) is 0 Å². The number of hydrogen-bond acceptors (Lipinski definition) is 9. The Labute approximate surface area is 213 Å². The number of carbonyl (C=O) groups is 1. The zero-order valence-corrected chi connectivity index (χ0v) is 21.6. The van der Waals surface area contributed by atoms with Gasteiger partial charge in [-0.25, -0.2) is 9.18 Å². The third kappa shape index (κ3) is 7.92. The summed E-state index contributed by atoms with van der Waals surface area (Å²) in [7, 11) is 2.74. The lowest BCUT2D eigenvalue weighted by atomic mass is 10.1. The maximum absolute atomic E-state index is 12.7. The number of amides is 1. The van der Waals surface area contributed by atoms with E-state index in [0.717, 1.165) is 23.9 Å². The van der Waals surface area contributed by atoms with Crippen LogP contribution in [-0.2, 0) is 4.74 Å². The van der Waals surface area contributed by atoms with Crippen molar-refractivity contribution in [1.29, 1.82) is 0 Å². The van der Waals surface area contributed by atoms with Crippen molar-refractivity contribution in [3.05, 3.63) is 62.4 Å². The van der Waals surface area contributed by atoms with Crippen LogP contribution in [-0.4, -0.2) is 66.3 Å². The summed E-state index contributed by atoms with van der Waals surface area (Å²) >= 11 is 0. The lowest BCUT2D eigenvalue weighted by molar-refractivity contribution is -0.385. The maximum Gasteiger partial charge on any atom is 0.410 e. The molecule has 1 aliphatic rings. The van der Waals surface area contributed by atoms with Crippen molar-refractivity contribution in [2.75, 3.05) is 38.8 Å². The molecular formula is C24H31FN4O8. The highest BCUT2D eigenvalue weighted by Gasteiger charge is 2.31. The predicted molar refractivity (Wildman–Crippen MR) is 134 cm³/mol.